The molecular formula is C18H22ClNO. The van der Waals surface area contributed by atoms with E-state index in [1.165, 1.54) is 5.56 Å². The first-order valence-corrected chi connectivity index (χ1v) is 7.75. The van der Waals surface area contributed by atoms with Crippen molar-refractivity contribution in [2.75, 3.05) is 6.54 Å². The third-order valence-electron chi connectivity index (χ3n) is 3.36. The molecular weight excluding hydrogens is 282 g/mol. The molecule has 0 fully saturated rings. The van der Waals surface area contributed by atoms with Gasteiger partial charge in [0.1, 0.15) is 11.5 Å². The van der Waals surface area contributed by atoms with Gasteiger partial charge in [-0.25, -0.2) is 0 Å². The fraction of sp³-hybridized carbons (Fsp3) is 0.333. The summed E-state index contributed by atoms with van der Waals surface area (Å²) in [4.78, 5) is 0. The minimum absolute atomic E-state index is 0.414. The highest BCUT2D eigenvalue weighted by Gasteiger charge is 2.11. The van der Waals surface area contributed by atoms with Gasteiger partial charge in [-0.2, -0.15) is 0 Å². The summed E-state index contributed by atoms with van der Waals surface area (Å²) in [6.45, 7) is 8.11. The Kier molecular flexibility index (Phi) is 5.66. The van der Waals surface area contributed by atoms with Gasteiger partial charge in [0.15, 0.2) is 0 Å². The average Bonchev–Trinajstić information content (AvgIpc) is 2.47. The van der Waals surface area contributed by atoms with Crippen LogP contribution in [-0.4, -0.2) is 6.54 Å². The summed E-state index contributed by atoms with van der Waals surface area (Å²) in [6.07, 6.45) is 0. The molecule has 0 saturated heterocycles. The van der Waals surface area contributed by atoms with E-state index in [0.29, 0.717) is 10.9 Å². The lowest BCUT2D eigenvalue weighted by molar-refractivity contribution is 0.464. The lowest BCUT2D eigenvalue weighted by Gasteiger charge is -2.16. The van der Waals surface area contributed by atoms with Crippen LogP contribution >= 0.6 is 11.6 Å². The van der Waals surface area contributed by atoms with Gasteiger partial charge in [0.05, 0.1) is 0 Å². The molecule has 0 aliphatic carbocycles. The maximum atomic E-state index is 6.16. The van der Waals surface area contributed by atoms with Crippen molar-refractivity contribution in [3.63, 3.8) is 0 Å². The van der Waals surface area contributed by atoms with Crippen molar-refractivity contribution in [1.29, 1.82) is 0 Å². The fourth-order valence-electron chi connectivity index (χ4n) is 2.20. The number of nitrogens with one attached hydrogen (secondary N) is 1. The maximum absolute atomic E-state index is 6.16. The molecule has 0 radical (unpaired) electrons. The van der Waals surface area contributed by atoms with Crippen molar-refractivity contribution in [2.24, 2.45) is 0 Å². The summed E-state index contributed by atoms with van der Waals surface area (Å²) in [5, 5.41) is 4.01. The predicted molar refractivity (Wildman–Crippen MR) is 89.4 cm³/mol. The Hall–Kier alpha value is -1.51. The Morgan fingerprint density at radius 2 is 1.86 bits per heavy atom. The highest BCUT2D eigenvalue weighted by Crippen LogP contribution is 2.33. The Morgan fingerprint density at radius 3 is 2.57 bits per heavy atom. The SMILES string of the molecule is CCNCc1ccc(Cl)cc1Oc1ccccc1C(C)C. The van der Waals surface area contributed by atoms with Crippen LogP contribution in [0.1, 0.15) is 37.8 Å². The molecule has 1 N–H and O–H groups in total. The number of benzene rings is 2. The van der Waals surface area contributed by atoms with E-state index in [1.54, 1.807) is 0 Å². The molecule has 2 rings (SSSR count). The smallest absolute Gasteiger partial charge is 0.133 e. The van der Waals surface area contributed by atoms with Crippen molar-refractivity contribution >= 4 is 11.6 Å². The largest absolute Gasteiger partial charge is 0.457 e. The van der Waals surface area contributed by atoms with Crippen LogP contribution in [0.25, 0.3) is 0 Å². The summed E-state index contributed by atoms with van der Waals surface area (Å²) in [6, 6.07) is 13.9. The number of para-hydroxylation sites is 1. The molecule has 0 saturated carbocycles. The van der Waals surface area contributed by atoms with Crippen LogP contribution in [-0.2, 0) is 6.54 Å². The van der Waals surface area contributed by atoms with Gasteiger partial charge in [0.25, 0.3) is 0 Å². The lowest BCUT2D eigenvalue weighted by Crippen LogP contribution is -2.12. The molecule has 2 aromatic rings. The van der Waals surface area contributed by atoms with E-state index < -0.39 is 0 Å². The zero-order valence-corrected chi connectivity index (χ0v) is 13.6. The molecule has 0 heterocycles. The van der Waals surface area contributed by atoms with E-state index in [4.69, 9.17) is 16.3 Å². The van der Waals surface area contributed by atoms with Gasteiger partial charge in [0, 0.05) is 17.1 Å². The zero-order valence-electron chi connectivity index (χ0n) is 12.8. The molecule has 0 unspecified atom stereocenters. The first-order valence-electron chi connectivity index (χ1n) is 7.37. The van der Waals surface area contributed by atoms with Crippen molar-refractivity contribution in [2.45, 2.75) is 33.2 Å². The number of ether oxygens (including phenoxy) is 1. The highest BCUT2D eigenvalue weighted by molar-refractivity contribution is 6.30. The minimum atomic E-state index is 0.414. The molecule has 0 amide bonds. The molecule has 0 aliphatic rings. The van der Waals surface area contributed by atoms with Gasteiger partial charge >= 0.3 is 0 Å². The molecule has 0 spiro atoms. The minimum Gasteiger partial charge on any atom is -0.457 e. The standard InChI is InChI=1S/C18H22ClNO/c1-4-20-12-14-9-10-15(19)11-18(14)21-17-8-6-5-7-16(17)13(2)3/h5-11,13,20H,4,12H2,1-3H3. The van der Waals surface area contributed by atoms with Crippen molar-refractivity contribution in [3.8, 4) is 11.5 Å². The third kappa shape index (κ3) is 4.23. The van der Waals surface area contributed by atoms with E-state index >= 15 is 0 Å². The normalized spacial score (nSPS) is 10.9. The van der Waals surface area contributed by atoms with Crippen LogP contribution in [0.3, 0.4) is 0 Å². The summed E-state index contributed by atoms with van der Waals surface area (Å²) >= 11 is 6.12. The summed E-state index contributed by atoms with van der Waals surface area (Å²) < 4.78 is 6.16. The van der Waals surface area contributed by atoms with Gasteiger partial charge in [-0.15, -0.1) is 0 Å². The number of hydrogen-bond acceptors (Lipinski definition) is 2. The van der Waals surface area contributed by atoms with E-state index in [0.717, 1.165) is 30.2 Å². The van der Waals surface area contributed by atoms with Crippen LogP contribution in [0.2, 0.25) is 5.02 Å². The Morgan fingerprint density at radius 1 is 1.10 bits per heavy atom. The van der Waals surface area contributed by atoms with Gasteiger partial charge in [-0.3, -0.25) is 0 Å². The van der Waals surface area contributed by atoms with Crippen LogP contribution in [0.15, 0.2) is 42.5 Å². The number of halogens is 1. The summed E-state index contributed by atoms with van der Waals surface area (Å²) in [5.41, 5.74) is 2.31. The van der Waals surface area contributed by atoms with E-state index in [9.17, 15) is 0 Å². The number of rotatable bonds is 6. The third-order valence-corrected chi connectivity index (χ3v) is 3.59. The van der Waals surface area contributed by atoms with E-state index in [-0.39, 0.29) is 0 Å². The second-order valence-corrected chi connectivity index (χ2v) is 5.76. The highest BCUT2D eigenvalue weighted by atomic mass is 35.5. The van der Waals surface area contributed by atoms with Crippen molar-refractivity contribution in [3.05, 3.63) is 58.6 Å². The Labute approximate surface area is 132 Å². The summed E-state index contributed by atoms with van der Waals surface area (Å²) in [5.74, 6) is 2.13. The Bertz CT molecular complexity index is 596. The predicted octanol–water partition coefficient (Wildman–Crippen LogP) is 5.37. The fourth-order valence-corrected chi connectivity index (χ4v) is 2.36. The molecule has 112 valence electrons. The number of hydrogen-bond donors (Lipinski definition) is 1. The first kappa shape index (κ1) is 15.9. The van der Waals surface area contributed by atoms with Crippen molar-refractivity contribution < 1.29 is 4.74 Å². The topological polar surface area (TPSA) is 21.3 Å². The van der Waals surface area contributed by atoms with Crippen LogP contribution in [0, 0.1) is 0 Å². The van der Waals surface area contributed by atoms with Crippen LogP contribution < -0.4 is 10.1 Å². The Balaban J connectivity index is 2.32. The van der Waals surface area contributed by atoms with Crippen LogP contribution in [0.5, 0.6) is 11.5 Å². The monoisotopic (exact) mass is 303 g/mol. The van der Waals surface area contributed by atoms with Gasteiger partial charge < -0.3 is 10.1 Å². The summed E-state index contributed by atoms with van der Waals surface area (Å²) in [7, 11) is 0. The molecule has 0 aliphatic heterocycles. The van der Waals surface area contributed by atoms with Crippen LogP contribution in [0.4, 0.5) is 0 Å². The van der Waals surface area contributed by atoms with E-state index in [1.807, 2.05) is 36.4 Å². The maximum Gasteiger partial charge on any atom is 0.133 e. The zero-order chi connectivity index (χ0) is 15.2. The molecule has 2 aromatic carbocycles. The second-order valence-electron chi connectivity index (χ2n) is 5.33. The van der Waals surface area contributed by atoms with Crippen molar-refractivity contribution in [1.82, 2.24) is 5.32 Å². The van der Waals surface area contributed by atoms with Gasteiger partial charge in [-0.05, 0) is 36.2 Å². The van der Waals surface area contributed by atoms with Gasteiger partial charge in [0.2, 0.25) is 0 Å². The quantitative estimate of drug-likeness (QED) is 0.775. The first-order chi connectivity index (χ1) is 10.1. The van der Waals surface area contributed by atoms with Gasteiger partial charge in [-0.1, -0.05) is 56.6 Å². The lowest BCUT2D eigenvalue weighted by atomic mass is 10.0. The molecule has 0 atom stereocenters. The second kappa shape index (κ2) is 7.48. The molecule has 21 heavy (non-hydrogen) atoms. The average molecular weight is 304 g/mol. The molecule has 0 aromatic heterocycles. The molecule has 2 nitrogen and oxygen atoms in total. The molecule has 3 heteroatoms. The molecule has 0 bridgehead atoms. The van der Waals surface area contributed by atoms with E-state index in [2.05, 4.69) is 32.2 Å².